The maximum Gasteiger partial charge on any atom is 0.335 e. The molecule has 2 rings (SSSR count). The predicted molar refractivity (Wildman–Crippen MR) is 57.4 cm³/mol. The number of fused-ring (bicyclic) bond motifs is 1. The third-order valence-electron chi connectivity index (χ3n) is 2.66. The number of rotatable bonds is 3. The first kappa shape index (κ1) is 11.0. The van der Waals surface area contributed by atoms with Gasteiger partial charge in [0, 0.05) is 12.8 Å². The lowest BCUT2D eigenvalue weighted by molar-refractivity contribution is -0.150. The molecule has 1 atom stereocenters. The lowest BCUT2D eigenvalue weighted by Gasteiger charge is -2.09. The lowest BCUT2D eigenvalue weighted by atomic mass is 10.0. The fourth-order valence-corrected chi connectivity index (χ4v) is 1.81. The first-order valence-corrected chi connectivity index (χ1v) is 5.21. The molecule has 0 aromatic heterocycles. The minimum atomic E-state index is -1.09. The normalized spacial score (nSPS) is 15.1. The summed E-state index contributed by atoms with van der Waals surface area (Å²) in [4.78, 5) is 11.1. The van der Waals surface area contributed by atoms with Crippen molar-refractivity contribution >= 4 is 5.97 Å². The lowest BCUT2D eigenvalue weighted by Crippen LogP contribution is -2.24. The quantitative estimate of drug-likeness (QED) is 0.765. The van der Waals surface area contributed by atoms with Gasteiger partial charge in [-0.05, 0) is 17.2 Å². The summed E-state index contributed by atoms with van der Waals surface area (Å²) in [6, 6.07) is 5.70. The Hall–Kier alpha value is -1.55. The molecule has 1 aliphatic heterocycles. The summed E-state index contributed by atoms with van der Waals surface area (Å²) < 4.78 is 9.84. The summed E-state index contributed by atoms with van der Waals surface area (Å²) in [5.41, 5.74) is 2.05. The minimum absolute atomic E-state index is 0.278. The van der Waals surface area contributed by atoms with Crippen LogP contribution in [-0.2, 0) is 22.4 Å². The molecule has 1 unspecified atom stereocenters. The van der Waals surface area contributed by atoms with E-state index in [9.17, 15) is 9.90 Å². The molecule has 1 N–H and O–H groups in total. The Morgan fingerprint density at radius 2 is 2.44 bits per heavy atom. The van der Waals surface area contributed by atoms with Crippen molar-refractivity contribution < 1.29 is 19.4 Å². The summed E-state index contributed by atoms with van der Waals surface area (Å²) in [6.45, 7) is 0.707. The van der Waals surface area contributed by atoms with Crippen molar-refractivity contribution in [2.75, 3.05) is 13.7 Å². The molecule has 4 nitrogen and oxygen atoms in total. The van der Waals surface area contributed by atoms with Gasteiger partial charge in [0.15, 0.2) is 6.10 Å². The van der Waals surface area contributed by atoms with E-state index in [2.05, 4.69) is 4.74 Å². The minimum Gasteiger partial charge on any atom is -0.493 e. The van der Waals surface area contributed by atoms with Crippen LogP contribution in [0.2, 0.25) is 0 Å². The maximum atomic E-state index is 11.1. The molecular weight excluding hydrogens is 208 g/mol. The van der Waals surface area contributed by atoms with Gasteiger partial charge in [-0.3, -0.25) is 0 Å². The summed E-state index contributed by atoms with van der Waals surface area (Å²) in [6.07, 6.45) is 0.0719. The highest BCUT2D eigenvalue weighted by molar-refractivity contribution is 5.74. The molecule has 1 aliphatic rings. The number of carbonyl (C=O) groups is 1. The zero-order valence-electron chi connectivity index (χ0n) is 9.10. The average Bonchev–Trinajstić information content (AvgIpc) is 2.75. The highest BCUT2D eigenvalue weighted by atomic mass is 16.5. The summed E-state index contributed by atoms with van der Waals surface area (Å²) in [5, 5.41) is 9.51. The smallest absolute Gasteiger partial charge is 0.335 e. The number of benzene rings is 1. The van der Waals surface area contributed by atoms with Gasteiger partial charge in [-0.2, -0.15) is 0 Å². The molecular formula is C12H14O4. The molecule has 1 heterocycles. The van der Waals surface area contributed by atoms with Crippen LogP contribution in [0.25, 0.3) is 0 Å². The molecule has 0 spiro atoms. The zero-order valence-corrected chi connectivity index (χ0v) is 9.10. The monoisotopic (exact) mass is 222 g/mol. The predicted octanol–water partition coefficient (Wildman–Crippen LogP) is 0.698. The second kappa shape index (κ2) is 4.53. The molecule has 4 heteroatoms. The van der Waals surface area contributed by atoms with E-state index >= 15 is 0 Å². The first-order valence-electron chi connectivity index (χ1n) is 5.21. The third-order valence-corrected chi connectivity index (χ3v) is 2.66. The second-order valence-corrected chi connectivity index (χ2v) is 3.78. The fraction of sp³-hybridized carbons (Fsp3) is 0.417. The van der Waals surface area contributed by atoms with Crippen molar-refractivity contribution in [2.45, 2.75) is 18.9 Å². The highest BCUT2D eigenvalue weighted by Crippen LogP contribution is 2.26. The van der Waals surface area contributed by atoms with Gasteiger partial charge in [0.1, 0.15) is 5.75 Å². The van der Waals surface area contributed by atoms with Crippen LogP contribution in [0.3, 0.4) is 0 Å². The van der Waals surface area contributed by atoms with Crippen LogP contribution < -0.4 is 4.74 Å². The van der Waals surface area contributed by atoms with E-state index < -0.39 is 12.1 Å². The van der Waals surface area contributed by atoms with Crippen LogP contribution in [0.5, 0.6) is 5.75 Å². The van der Waals surface area contributed by atoms with E-state index in [-0.39, 0.29) is 6.42 Å². The van der Waals surface area contributed by atoms with Crippen molar-refractivity contribution in [2.24, 2.45) is 0 Å². The Morgan fingerprint density at radius 1 is 1.62 bits per heavy atom. The Bertz CT molecular complexity index is 400. The van der Waals surface area contributed by atoms with Gasteiger partial charge < -0.3 is 14.6 Å². The average molecular weight is 222 g/mol. The molecule has 0 saturated carbocycles. The summed E-state index contributed by atoms with van der Waals surface area (Å²) in [5.74, 6) is 0.299. The number of carbonyl (C=O) groups excluding carboxylic acids is 1. The fourth-order valence-electron chi connectivity index (χ4n) is 1.81. The van der Waals surface area contributed by atoms with E-state index in [0.29, 0.717) is 6.61 Å². The van der Waals surface area contributed by atoms with Crippen LogP contribution in [-0.4, -0.2) is 30.9 Å². The summed E-state index contributed by atoms with van der Waals surface area (Å²) in [7, 11) is 1.27. The van der Waals surface area contributed by atoms with E-state index in [4.69, 9.17) is 4.74 Å². The van der Waals surface area contributed by atoms with Crippen LogP contribution in [0.1, 0.15) is 11.1 Å². The number of aliphatic hydroxyl groups excluding tert-OH is 1. The van der Waals surface area contributed by atoms with Gasteiger partial charge in [-0.1, -0.05) is 12.1 Å². The van der Waals surface area contributed by atoms with E-state index in [1.54, 1.807) is 0 Å². The number of hydrogen-bond acceptors (Lipinski definition) is 4. The Balaban J connectivity index is 2.08. The van der Waals surface area contributed by atoms with Crippen molar-refractivity contribution in [3.63, 3.8) is 0 Å². The van der Waals surface area contributed by atoms with Crippen LogP contribution >= 0.6 is 0 Å². The Labute approximate surface area is 93.8 Å². The number of methoxy groups -OCH3 is 1. The van der Waals surface area contributed by atoms with Crippen molar-refractivity contribution in [1.82, 2.24) is 0 Å². The Kier molecular flexibility index (Phi) is 3.10. The number of aliphatic hydroxyl groups is 1. The molecule has 0 fully saturated rings. The van der Waals surface area contributed by atoms with Crippen LogP contribution in [0, 0.1) is 0 Å². The van der Waals surface area contributed by atoms with E-state index in [1.165, 1.54) is 7.11 Å². The molecule has 0 bridgehead atoms. The van der Waals surface area contributed by atoms with Crippen molar-refractivity contribution in [3.8, 4) is 5.75 Å². The Morgan fingerprint density at radius 3 is 3.19 bits per heavy atom. The molecule has 1 aromatic rings. The number of ether oxygens (including phenoxy) is 2. The molecule has 0 aliphatic carbocycles. The van der Waals surface area contributed by atoms with Gasteiger partial charge in [0.05, 0.1) is 13.7 Å². The second-order valence-electron chi connectivity index (χ2n) is 3.78. The standard InChI is InChI=1S/C12H14O4/c1-15-12(14)10(13)7-8-2-3-11-9(6-8)4-5-16-11/h2-3,6,10,13H,4-5,7H2,1H3. The van der Waals surface area contributed by atoms with E-state index in [1.807, 2.05) is 18.2 Å². The molecule has 16 heavy (non-hydrogen) atoms. The van der Waals surface area contributed by atoms with Gasteiger partial charge >= 0.3 is 5.97 Å². The summed E-state index contributed by atoms with van der Waals surface area (Å²) >= 11 is 0. The molecule has 0 saturated heterocycles. The topological polar surface area (TPSA) is 55.8 Å². The van der Waals surface area contributed by atoms with E-state index in [0.717, 1.165) is 23.3 Å². The number of hydrogen-bond donors (Lipinski definition) is 1. The van der Waals surface area contributed by atoms with Crippen LogP contribution in [0.15, 0.2) is 18.2 Å². The largest absolute Gasteiger partial charge is 0.493 e. The maximum absolute atomic E-state index is 11.1. The van der Waals surface area contributed by atoms with Gasteiger partial charge in [-0.15, -0.1) is 0 Å². The van der Waals surface area contributed by atoms with Crippen LogP contribution in [0.4, 0.5) is 0 Å². The van der Waals surface area contributed by atoms with Gasteiger partial charge in [0.25, 0.3) is 0 Å². The molecule has 0 amide bonds. The first-order chi connectivity index (χ1) is 7.70. The SMILES string of the molecule is COC(=O)C(O)Cc1ccc2c(c1)CCO2. The number of esters is 1. The molecule has 0 radical (unpaired) electrons. The van der Waals surface area contributed by atoms with Crippen molar-refractivity contribution in [1.29, 1.82) is 0 Å². The van der Waals surface area contributed by atoms with Crippen molar-refractivity contribution in [3.05, 3.63) is 29.3 Å². The molecule has 1 aromatic carbocycles. The van der Waals surface area contributed by atoms with Gasteiger partial charge in [-0.25, -0.2) is 4.79 Å². The highest BCUT2D eigenvalue weighted by Gasteiger charge is 2.18. The third kappa shape index (κ3) is 2.17. The zero-order chi connectivity index (χ0) is 11.5. The van der Waals surface area contributed by atoms with Gasteiger partial charge in [0.2, 0.25) is 0 Å². The molecule has 86 valence electrons.